The molecule has 0 radical (unpaired) electrons. The minimum Gasteiger partial charge on any atom is -0.329 e. The SMILES string of the molecule is CC(C)S(=O)(=O)CCN1CCCC1CN.Cl. The Balaban J connectivity index is 0.00000225. The maximum atomic E-state index is 11.6. The van der Waals surface area contributed by atoms with Crippen LogP contribution < -0.4 is 5.73 Å². The van der Waals surface area contributed by atoms with E-state index in [-0.39, 0.29) is 23.4 Å². The second kappa shape index (κ2) is 6.79. The van der Waals surface area contributed by atoms with Crippen LogP contribution in [0.25, 0.3) is 0 Å². The van der Waals surface area contributed by atoms with Crippen LogP contribution in [0.2, 0.25) is 0 Å². The van der Waals surface area contributed by atoms with Crippen LogP contribution in [0.15, 0.2) is 0 Å². The molecule has 0 bridgehead atoms. The summed E-state index contributed by atoms with van der Waals surface area (Å²) in [5.74, 6) is 0.265. The van der Waals surface area contributed by atoms with Gasteiger partial charge in [0.05, 0.1) is 11.0 Å². The van der Waals surface area contributed by atoms with E-state index in [1.807, 2.05) is 0 Å². The standard InChI is InChI=1S/C10H22N2O2S.ClH/c1-9(2)15(13,14)7-6-12-5-3-4-10(12)8-11;/h9-10H,3-8,11H2,1-2H3;1H. The van der Waals surface area contributed by atoms with Crippen LogP contribution in [0.3, 0.4) is 0 Å². The smallest absolute Gasteiger partial charge is 0.153 e. The highest BCUT2D eigenvalue weighted by molar-refractivity contribution is 7.92. The van der Waals surface area contributed by atoms with E-state index in [1.54, 1.807) is 13.8 Å². The lowest BCUT2D eigenvalue weighted by Crippen LogP contribution is -2.39. The van der Waals surface area contributed by atoms with E-state index < -0.39 is 9.84 Å². The van der Waals surface area contributed by atoms with E-state index >= 15 is 0 Å². The summed E-state index contributed by atoms with van der Waals surface area (Å²) >= 11 is 0. The number of nitrogens with two attached hydrogens (primary N) is 1. The molecule has 1 heterocycles. The summed E-state index contributed by atoms with van der Waals surface area (Å²) in [5, 5.41) is -0.267. The first-order valence-electron chi connectivity index (χ1n) is 5.63. The fraction of sp³-hybridized carbons (Fsp3) is 1.00. The summed E-state index contributed by atoms with van der Waals surface area (Å²) in [7, 11) is -2.90. The van der Waals surface area contributed by atoms with Crippen molar-refractivity contribution in [3.05, 3.63) is 0 Å². The number of sulfone groups is 1. The Hall–Kier alpha value is 0.160. The van der Waals surface area contributed by atoms with Crippen molar-refractivity contribution in [3.8, 4) is 0 Å². The van der Waals surface area contributed by atoms with Crippen LogP contribution in [-0.2, 0) is 9.84 Å². The van der Waals surface area contributed by atoms with Gasteiger partial charge in [-0.15, -0.1) is 12.4 Å². The zero-order valence-electron chi connectivity index (χ0n) is 10.1. The van der Waals surface area contributed by atoms with E-state index in [1.165, 1.54) is 0 Å². The third-order valence-corrected chi connectivity index (χ3v) is 5.34. The minimum absolute atomic E-state index is 0. The van der Waals surface area contributed by atoms with Crippen LogP contribution in [0, 0.1) is 0 Å². The van der Waals surface area contributed by atoms with Gasteiger partial charge in [0.15, 0.2) is 9.84 Å². The third kappa shape index (κ3) is 4.20. The van der Waals surface area contributed by atoms with Gasteiger partial charge in [0.2, 0.25) is 0 Å². The first-order chi connectivity index (χ1) is 6.97. The maximum Gasteiger partial charge on any atom is 0.153 e. The monoisotopic (exact) mass is 270 g/mol. The van der Waals surface area contributed by atoms with Gasteiger partial charge in [-0.2, -0.15) is 0 Å². The number of hydrogen-bond donors (Lipinski definition) is 1. The average molecular weight is 271 g/mol. The molecule has 0 aliphatic carbocycles. The topological polar surface area (TPSA) is 63.4 Å². The Morgan fingerprint density at radius 3 is 2.56 bits per heavy atom. The zero-order valence-corrected chi connectivity index (χ0v) is 11.7. The zero-order chi connectivity index (χ0) is 11.5. The molecule has 1 unspecified atom stereocenters. The molecule has 6 heteroatoms. The lowest BCUT2D eigenvalue weighted by molar-refractivity contribution is 0.273. The summed E-state index contributed by atoms with van der Waals surface area (Å²) in [6.45, 7) is 5.75. The van der Waals surface area contributed by atoms with Crippen LogP contribution in [0.4, 0.5) is 0 Å². The number of likely N-dealkylation sites (tertiary alicyclic amines) is 1. The van der Waals surface area contributed by atoms with Gasteiger partial charge in [0.1, 0.15) is 0 Å². The van der Waals surface area contributed by atoms with Crippen LogP contribution in [-0.4, -0.2) is 50.0 Å². The van der Waals surface area contributed by atoms with Crippen molar-refractivity contribution in [1.82, 2.24) is 4.90 Å². The van der Waals surface area contributed by atoms with Crippen molar-refractivity contribution in [2.75, 3.05) is 25.4 Å². The highest BCUT2D eigenvalue weighted by atomic mass is 35.5. The Morgan fingerprint density at radius 2 is 2.06 bits per heavy atom. The number of halogens is 1. The number of rotatable bonds is 5. The van der Waals surface area contributed by atoms with E-state index in [2.05, 4.69) is 4.90 Å². The van der Waals surface area contributed by atoms with Crippen molar-refractivity contribution in [2.45, 2.75) is 38.0 Å². The lowest BCUT2D eigenvalue weighted by Gasteiger charge is -2.23. The Morgan fingerprint density at radius 1 is 1.44 bits per heavy atom. The molecule has 1 fully saturated rings. The largest absolute Gasteiger partial charge is 0.329 e. The highest BCUT2D eigenvalue weighted by Crippen LogP contribution is 2.16. The fourth-order valence-electron chi connectivity index (χ4n) is 1.94. The van der Waals surface area contributed by atoms with E-state index in [9.17, 15) is 8.42 Å². The summed E-state index contributed by atoms with van der Waals surface area (Å²) in [6.07, 6.45) is 2.25. The predicted molar refractivity (Wildman–Crippen MR) is 69.8 cm³/mol. The maximum absolute atomic E-state index is 11.6. The van der Waals surface area contributed by atoms with E-state index in [0.717, 1.165) is 19.4 Å². The van der Waals surface area contributed by atoms with Gasteiger partial charge >= 0.3 is 0 Å². The molecule has 4 nitrogen and oxygen atoms in total. The van der Waals surface area contributed by atoms with Crippen molar-refractivity contribution in [3.63, 3.8) is 0 Å². The van der Waals surface area contributed by atoms with Gasteiger partial charge in [-0.25, -0.2) is 8.42 Å². The minimum atomic E-state index is -2.90. The molecule has 1 aliphatic rings. The second-order valence-corrected chi connectivity index (χ2v) is 7.16. The lowest BCUT2D eigenvalue weighted by atomic mass is 10.2. The van der Waals surface area contributed by atoms with Gasteiger partial charge in [0, 0.05) is 19.1 Å². The van der Waals surface area contributed by atoms with Crippen LogP contribution in [0.1, 0.15) is 26.7 Å². The summed E-state index contributed by atoms with van der Waals surface area (Å²) in [4.78, 5) is 2.21. The molecule has 0 saturated carbocycles. The van der Waals surface area contributed by atoms with Gasteiger partial charge < -0.3 is 5.73 Å². The molecular formula is C10H23ClN2O2S. The van der Waals surface area contributed by atoms with Gasteiger partial charge in [-0.05, 0) is 33.2 Å². The summed E-state index contributed by atoms with van der Waals surface area (Å²) in [6, 6.07) is 0.396. The van der Waals surface area contributed by atoms with E-state index in [4.69, 9.17) is 5.73 Å². The third-order valence-electron chi connectivity index (χ3n) is 3.15. The molecular weight excluding hydrogens is 248 g/mol. The molecule has 98 valence electrons. The van der Waals surface area contributed by atoms with Crippen LogP contribution in [0.5, 0.6) is 0 Å². The quantitative estimate of drug-likeness (QED) is 0.797. The number of hydrogen-bond acceptors (Lipinski definition) is 4. The van der Waals surface area contributed by atoms with Crippen molar-refractivity contribution >= 4 is 22.2 Å². The molecule has 2 N–H and O–H groups in total. The highest BCUT2D eigenvalue weighted by Gasteiger charge is 2.25. The molecule has 0 aromatic carbocycles. The normalized spacial score (nSPS) is 22.4. The van der Waals surface area contributed by atoms with Gasteiger partial charge in [-0.1, -0.05) is 0 Å². The van der Waals surface area contributed by atoms with Crippen molar-refractivity contribution in [1.29, 1.82) is 0 Å². The Labute approximate surface area is 105 Å². The Kier molecular flexibility index (Phi) is 6.86. The van der Waals surface area contributed by atoms with E-state index in [0.29, 0.717) is 19.1 Å². The summed E-state index contributed by atoms with van der Waals surface area (Å²) < 4.78 is 23.2. The first kappa shape index (κ1) is 16.2. The average Bonchev–Trinajstić information content (AvgIpc) is 2.61. The van der Waals surface area contributed by atoms with Crippen LogP contribution >= 0.6 is 12.4 Å². The number of nitrogens with zero attached hydrogens (tertiary/aromatic N) is 1. The molecule has 1 saturated heterocycles. The molecule has 1 rings (SSSR count). The fourth-order valence-corrected chi connectivity index (χ4v) is 2.90. The van der Waals surface area contributed by atoms with Crippen molar-refractivity contribution in [2.24, 2.45) is 5.73 Å². The molecule has 16 heavy (non-hydrogen) atoms. The molecule has 0 aromatic rings. The first-order valence-corrected chi connectivity index (χ1v) is 7.34. The predicted octanol–water partition coefficient (Wildman–Crippen LogP) is 0.654. The Bertz CT molecular complexity index is 293. The van der Waals surface area contributed by atoms with Crippen molar-refractivity contribution < 1.29 is 8.42 Å². The molecule has 0 aromatic heterocycles. The molecule has 1 aliphatic heterocycles. The van der Waals surface area contributed by atoms with Gasteiger partial charge in [-0.3, -0.25) is 4.90 Å². The molecule has 0 spiro atoms. The molecule has 1 atom stereocenters. The summed E-state index contributed by atoms with van der Waals surface area (Å²) in [5.41, 5.74) is 5.63. The second-order valence-electron chi connectivity index (χ2n) is 4.48. The van der Waals surface area contributed by atoms with Gasteiger partial charge in [0.25, 0.3) is 0 Å². The molecule has 0 amide bonds.